The number of rotatable bonds is 9. The smallest absolute Gasteiger partial charge is 0.328 e. The average Bonchev–Trinajstić information content (AvgIpc) is 3.02. The van der Waals surface area contributed by atoms with E-state index in [-0.39, 0.29) is 19.1 Å². The Kier molecular flexibility index (Phi) is 7.12. The molecule has 2 rings (SSSR count). The molecule has 1 saturated heterocycles. The maximum Gasteiger partial charge on any atom is 0.328 e. The van der Waals surface area contributed by atoms with Crippen LogP contribution in [-0.2, 0) is 19.1 Å². The summed E-state index contributed by atoms with van der Waals surface area (Å²) in [6.45, 7) is 8.08. The number of nitrogens with zero attached hydrogens (tertiary/aromatic N) is 1. The van der Waals surface area contributed by atoms with E-state index in [2.05, 4.69) is 25.7 Å². The van der Waals surface area contributed by atoms with Crippen molar-refractivity contribution < 1.29 is 24.2 Å². The predicted molar refractivity (Wildman–Crippen MR) is 102 cm³/mol. The molecular formula is C20H26N2O5. The number of hydrogen-bond donors (Lipinski definition) is 2. The maximum atomic E-state index is 12.7. The van der Waals surface area contributed by atoms with Crippen molar-refractivity contribution in [1.82, 2.24) is 5.32 Å². The van der Waals surface area contributed by atoms with Crippen molar-refractivity contribution >= 4 is 23.5 Å². The number of carbonyl (C=O) groups excluding carboxylic acids is 2. The van der Waals surface area contributed by atoms with Gasteiger partial charge in [0.15, 0.2) is 6.04 Å². The van der Waals surface area contributed by atoms with Crippen LogP contribution in [0, 0.1) is 5.92 Å². The molecule has 1 aromatic rings. The van der Waals surface area contributed by atoms with Crippen LogP contribution >= 0.6 is 0 Å². The molecule has 1 aliphatic rings. The van der Waals surface area contributed by atoms with Gasteiger partial charge in [-0.05, 0) is 30.0 Å². The molecule has 0 aliphatic carbocycles. The van der Waals surface area contributed by atoms with Gasteiger partial charge in [0.05, 0.1) is 13.2 Å². The Hall–Kier alpha value is -2.67. The minimum atomic E-state index is -1.21. The lowest BCUT2D eigenvalue weighted by atomic mass is 10.0. The lowest BCUT2D eigenvalue weighted by Crippen LogP contribution is -2.47. The van der Waals surface area contributed by atoms with Gasteiger partial charge < -0.3 is 20.1 Å². The van der Waals surface area contributed by atoms with Gasteiger partial charge >= 0.3 is 5.97 Å². The Bertz CT molecular complexity index is 699. The quantitative estimate of drug-likeness (QED) is 0.391. The number of amides is 2. The van der Waals surface area contributed by atoms with Crippen molar-refractivity contribution in [2.75, 3.05) is 24.7 Å². The number of aliphatic carboxylic acids is 1. The summed E-state index contributed by atoms with van der Waals surface area (Å²) in [5.74, 6) is -2.62. The highest BCUT2D eigenvalue weighted by molar-refractivity contribution is 6.10. The summed E-state index contributed by atoms with van der Waals surface area (Å²) in [5.41, 5.74) is 1.91. The van der Waals surface area contributed by atoms with Gasteiger partial charge in [0.25, 0.3) is 0 Å². The Labute approximate surface area is 159 Å². The topological polar surface area (TPSA) is 95.9 Å². The zero-order valence-electron chi connectivity index (χ0n) is 15.7. The summed E-state index contributed by atoms with van der Waals surface area (Å²) in [6.07, 6.45) is 1.83. The summed E-state index contributed by atoms with van der Waals surface area (Å²) in [7, 11) is 0. The van der Waals surface area contributed by atoms with Crippen LogP contribution in [0.25, 0.3) is 0 Å². The molecule has 146 valence electrons. The van der Waals surface area contributed by atoms with Crippen molar-refractivity contribution in [2.24, 2.45) is 5.92 Å². The van der Waals surface area contributed by atoms with Gasteiger partial charge in [-0.15, -0.1) is 6.58 Å². The van der Waals surface area contributed by atoms with E-state index in [1.807, 2.05) is 24.3 Å². The minimum absolute atomic E-state index is 0.183. The normalized spacial score (nSPS) is 17.8. The maximum absolute atomic E-state index is 12.7. The monoisotopic (exact) mass is 374 g/mol. The fraction of sp³-hybridized carbons (Fsp3) is 0.450. The third-order valence-corrected chi connectivity index (χ3v) is 4.53. The Morgan fingerprint density at radius 3 is 2.59 bits per heavy atom. The molecule has 1 heterocycles. The first kappa shape index (κ1) is 20.6. The van der Waals surface area contributed by atoms with Crippen LogP contribution < -0.4 is 10.2 Å². The molecule has 0 aromatic heterocycles. The lowest BCUT2D eigenvalue weighted by Gasteiger charge is -2.19. The van der Waals surface area contributed by atoms with Crippen LogP contribution in [0.2, 0.25) is 0 Å². The Morgan fingerprint density at radius 2 is 2.04 bits per heavy atom. The highest BCUT2D eigenvalue weighted by Crippen LogP contribution is 2.27. The SMILES string of the molecule is C=CCOCC(NC(=O)C1CCN(c2ccc(C(C)C)cc2)C1=O)C(=O)O. The van der Waals surface area contributed by atoms with Gasteiger partial charge in [-0.1, -0.05) is 32.1 Å². The summed E-state index contributed by atoms with van der Waals surface area (Å²) < 4.78 is 5.11. The van der Waals surface area contributed by atoms with E-state index in [0.29, 0.717) is 18.9 Å². The number of ether oxygens (including phenoxy) is 1. The molecule has 2 unspecified atom stereocenters. The van der Waals surface area contributed by atoms with Crippen LogP contribution in [0.3, 0.4) is 0 Å². The second-order valence-corrected chi connectivity index (χ2v) is 6.80. The van der Waals surface area contributed by atoms with Gasteiger partial charge in [0.2, 0.25) is 11.8 Å². The van der Waals surface area contributed by atoms with Gasteiger partial charge in [0, 0.05) is 12.2 Å². The van der Waals surface area contributed by atoms with E-state index in [9.17, 15) is 19.5 Å². The lowest BCUT2D eigenvalue weighted by molar-refractivity contribution is -0.145. The molecule has 0 bridgehead atoms. The Balaban J connectivity index is 2.01. The zero-order valence-corrected chi connectivity index (χ0v) is 15.7. The standard InChI is InChI=1S/C20H26N2O5/c1-4-11-27-12-17(20(25)26)21-18(23)16-9-10-22(19(16)24)15-7-5-14(6-8-15)13(2)3/h4-8,13,16-17H,1,9-12H2,2-3H3,(H,21,23)(H,25,26). The third kappa shape index (κ3) is 5.17. The van der Waals surface area contributed by atoms with Crippen LogP contribution in [0.15, 0.2) is 36.9 Å². The molecule has 7 nitrogen and oxygen atoms in total. The molecule has 0 saturated carbocycles. The summed E-state index contributed by atoms with van der Waals surface area (Å²) >= 11 is 0. The number of anilines is 1. The molecule has 27 heavy (non-hydrogen) atoms. The summed E-state index contributed by atoms with van der Waals surface area (Å²) in [6, 6.07) is 6.48. The number of benzene rings is 1. The van der Waals surface area contributed by atoms with Crippen molar-refractivity contribution in [3.8, 4) is 0 Å². The second kappa shape index (κ2) is 9.32. The van der Waals surface area contributed by atoms with Crippen molar-refractivity contribution in [3.63, 3.8) is 0 Å². The molecule has 2 atom stereocenters. The summed E-state index contributed by atoms with van der Waals surface area (Å²) in [5, 5.41) is 11.6. The van der Waals surface area contributed by atoms with Crippen molar-refractivity contribution in [2.45, 2.75) is 32.2 Å². The largest absolute Gasteiger partial charge is 0.480 e. The van der Waals surface area contributed by atoms with Crippen LogP contribution in [0.5, 0.6) is 0 Å². The molecule has 0 radical (unpaired) electrons. The number of nitrogens with one attached hydrogen (secondary N) is 1. The summed E-state index contributed by atoms with van der Waals surface area (Å²) in [4.78, 5) is 37.9. The van der Waals surface area contributed by atoms with Gasteiger partial charge in [-0.3, -0.25) is 9.59 Å². The predicted octanol–water partition coefficient (Wildman–Crippen LogP) is 1.93. The molecule has 1 aromatic carbocycles. The van der Waals surface area contributed by atoms with E-state index in [1.54, 1.807) is 4.90 Å². The highest BCUT2D eigenvalue weighted by Gasteiger charge is 2.39. The first-order valence-corrected chi connectivity index (χ1v) is 8.98. The van der Waals surface area contributed by atoms with Gasteiger partial charge in [-0.2, -0.15) is 0 Å². The van der Waals surface area contributed by atoms with E-state index < -0.39 is 23.8 Å². The van der Waals surface area contributed by atoms with Crippen LogP contribution in [0.1, 0.15) is 31.7 Å². The van der Waals surface area contributed by atoms with Crippen molar-refractivity contribution in [1.29, 1.82) is 0 Å². The highest BCUT2D eigenvalue weighted by atomic mass is 16.5. The second-order valence-electron chi connectivity index (χ2n) is 6.80. The van der Waals surface area contributed by atoms with Crippen LogP contribution in [-0.4, -0.2) is 48.7 Å². The number of hydrogen-bond acceptors (Lipinski definition) is 4. The zero-order chi connectivity index (χ0) is 20.0. The minimum Gasteiger partial charge on any atom is -0.480 e. The molecule has 1 fully saturated rings. The fourth-order valence-electron chi connectivity index (χ4n) is 2.93. The van der Waals surface area contributed by atoms with E-state index >= 15 is 0 Å². The fourth-order valence-corrected chi connectivity index (χ4v) is 2.93. The van der Waals surface area contributed by atoms with Crippen molar-refractivity contribution in [3.05, 3.63) is 42.5 Å². The molecule has 7 heteroatoms. The van der Waals surface area contributed by atoms with Crippen LogP contribution in [0.4, 0.5) is 5.69 Å². The first-order chi connectivity index (χ1) is 12.8. The molecule has 2 N–H and O–H groups in total. The number of carboxylic acids is 1. The first-order valence-electron chi connectivity index (χ1n) is 8.98. The number of carbonyl (C=O) groups is 3. The average molecular weight is 374 g/mol. The van der Waals surface area contributed by atoms with E-state index in [4.69, 9.17) is 4.74 Å². The molecule has 1 aliphatic heterocycles. The third-order valence-electron chi connectivity index (χ3n) is 4.53. The molecular weight excluding hydrogens is 348 g/mol. The molecule has 2 amide bonds. The van der Waals surface area contributed by atoms with Gasteiger partial charge in [-0.25, -0.2) is 4.79 Å². The Morgan fingerprint density at radius 1 is 1.37 bits per heavy atom. The van der Waals surface area contributed by atoms with E-state index in [1.165, 1.54) is 11.6 Å². The van der Waals surface area contributed by atoms with Gasteiger partial charge in [0.1, 0.15) is 5.92 Å². The molecule has 0 spiro atoms. The van der Waals surface area contributed by atoms with E-state index in [0.717, 1.165) is 5.69 Å². The number of carboxylic acid groups (broad SMARTS) is 1.